The summed E-state index contributed by atoms with van der Waals surface area (Å²) in [5.74, 6) is 0.721. The summed E-state index contributed by atoms with van der Waals surface area (Å²) in [6.07, 6.45) is 1.26. The van der Waals surface area contributed by atoms with E-state index in [2.05, 4.69) is 24.4 Å². The van der Waals surface area contributed by atoms with E-state index < -0.39 is 0 Å². The predicted molar refractivity (Wildman–Crippen MR) is 56.0 cm³/mol. The van der Waals surface area contributed by atoms with Gasteiger partial charge in [0.2, 0.25) is 0 Å². The van der Waals surface area contributed by atoms with Crippen molar-refractivity contribution in [1.29, 1.82) is 0 Å². The monoisotopic (exact) mass is 195 g/mol. The molecule has 1 aromatic rings. The number of hydrogen-bond donors (Lipinski definition) is 1. The number of hydrogen-bond acceptors (Lipinski definition) is 1. The Bertz CT molecular complexity index is 298. The largest absolute Gasteiger partial charge is 0.310 e. The lowest BCUT2D eigenvalue weighted by Gasteiger charge is -2.15. The first kappa shape index (κ1) is 9.04. The molecule has 0 spiro atoms. The molecule has 1 N–H and O–H groups in total. The van der Waals surface area contributed by atoms with Crippen LogP contribution in [0.15, 0.2) is 24.3 Å². The Morgan fingerprint density at radius 1 is 1.46 bits per heavy atom. The third kappa shape index (κ3) is 1.87. The Hall–Kier alpha value is -0.530. The highest BCUT2D eigenvalue weighted by Gasteiger charge is 2.23. The highest BCUT2D eigenvalue weighted by molar-refractivity contribution is 6.30. The minimum Gasteiger partial charge on any atom is -0.310 e. The van der Waals surface area contributed by atoms with Crippen LogP contribution < -0.4 is 5.32 Å². The van der Waals surface area contributed by atoms with Crippen molar-refractivity contribution in [1.82, 2.24) is 5.32 Å². The van der Waals surface area contributed by atoms with Crippen molar-refractivity contribution < 1.29 is 0 Å². The molecule has 1 fully saturated rings. The topological polar surface area (TPSA) is 12.0 Å². The van der Waals surface area contributed by atoms with E-state index in [1.54, 1.807) is 0 Å². The molecule has 70 valence electrons. The Kier molecular flexibility index (Phi) is 2.56. The number of halogens is 1. The molecule has 1 aliphatic heterocycles. The van der Waals surface area contributed by atoms with Gasteiger partial charge in [0.25, 0.3) is 0 Å². The Morgan fingerprint density at radius 3 is 2.92 bits per heavy atom. The van der Waals surface area contributed by atoms with Gasteiger partial charge in [0.05, 0.1) is 0 Å². The summed E-state index contributed by atoms with van der Waals surface area (Å²) in [4.78, 5) is 0. The van der Waals surface area contributed by atoms with Gasteiger partial charge in [-0.1, -0.05) is 30.7 Å². The van der Waals surface area contributed by atoms with Gasteiger partial charge >= 0.3 is 0 Å². The molecule has 0 aliphatic carbocycles. The van der Waals surface area contributed by atoms with Gasteiger partial charge in [0.1, 0.15) is 0 Å². The maximum absolute atomic E-state index is 5.94. The first-order valence-electron chi connectivity index (χ1n) is 4.76. The summed E-state index contributed by atoms with van der Waals surface area (Å²) in [6.45, 7) is 3.41. The first-order chi connectivity index (χ1) is 6.27. The Balaban J connectivity index is 2.24. The predicted octanol–water partition coefficient (Wildman–Crippen LogP) is 3.01. The van der Waals surface area contributed by atoms with Crippen molar-refractivity contribution in [2.45, 2.75) is 19.4 Å². The lowest BCUT2D eigenvalue weighted by atomic mass is 9.96. The molecule has 1 nitrogen and oxygen atoms in total. The van der Waals surface area contributed by atoms with Gasteiger partial charge in [0, 0.05) is 11.1 Å². The molecule has 0 bridgehead atoms. The first-order valence-corrected chi connectivity index (χ1v) is 5.14. The van der Waals surface area contributed by atoms with E-state index in [-0.39, 0.29) is 0 Å². The van der Waals surface area contributed by atoms with Crippen LogP contribution in [0.3, 0.4) is 0 Å². The van der Waals surface area contributed by atoms with Crippen LogP contribution in [-0.2, 0) is 0 Å². The maximum Gasteiger partial charge on any atom is 0.0409 e. The normalized spacial score (nSPS) is 27.8. The third-order valence-electron chi connectivity index (χ3n) is 2.74. The van der Waals surface area contributed by atoms with Crippen LogP contribution >= 0.6 is 11.6 Å². The van der Waals surface area contributed by atoms with Crippen molar-refractivity contribution in [3.05, 3.63) is 34.9 Å². The maximum atomic E-state index is 5.94. The van der Waals surface area contributed by atoms with Gasteiger partial charge in [-0.3, -0.25) is 0 Å². The summed E-state index contributed by atoms with van der Waals surface area (Å²) >= 11 is 5.94. The zero-order valence-corrected chi connectivity index (χ0v) is 8.51. The van der Waals surface area contributed by atoms with Gasteiger partial charge < -0.3 is 5.32 Å². The van der Waals surface area contributed by atoms with Gasteiger partial charge in [-0.2, -0.15) is 0 Å². The van der Waals surface area contributed by atoms with Crippen molar-refractivity contribution in [2.75, 3.05) is 6.54 Å². The fourth-order valence-corrected chi connectivity index (χ4v) is 2.18. The van der Waals surface area contributed by atoms with Crippen molar-refractivity contribution >= 4 is 11.6 Å². The second-order valence-electron chi connectivity index (χ2n) is 3.75. The molecule has 13 heavy (non-hydrogen) atoms. The van der Waals surface area contributed by atoms with Crippen molar-refractivity contribution in [3.63, 3.8) is 0 Å². The number of benzene rings is 1. The van der Waals surface area contributed by atoms with Crippen molar-refractivity contribution in [2.24, 2.45) is 5.92 Å². The average Bonchev–Trinajstić information content (AvgIpc) is 2.51. The molecule has 1 aliphatic rings. The highest BCUT2D eigenvalue weighted by Crippen LogP contribution is 2.29. The zero-order valence-electron chi connectivity index (χ0n) is 7.76. The van der Waals surface area contributed by atoms with Crippen LogP contribution in [0.4, 0.5) is 0 Å². The average molecular weight is 196 g/mol. The Labute approximate surface area is 84.1 Å². The molecule has 0 saturated carbocycles. The van der Waals surface area contributed by atoms with Crippen LogP contribution in [0, 0.1) is 5.92 Å². The second-order valence-corrected chi connectivity index (χ2v) is 4.19. The second kappa shape index (κ2) is 3.69. The van der Waals surface area contributed by atoms with Gasteiger partial charge in [-0.15, -0.1) is 0 Å². The van der Waals surface area contributed by atoms with E-state index in [0.717, 1.165) is 17.5 Å². The summed E-state index contributed by atoms with van der Waals surface area (Å²) in [6, 6.07) is 8.64. The van der Waals surface area contributed by atoms with Crippen LogP contribution in [0.25, 0.3) is 0 Å². The standard InChI is InChI=1S/C11H14ClN/c1-8-5-6-13-11(8)9-3-2-4-10(12)7-9/h2-4,7-8,11,13H,5-6H2,1H3/t8-,11-/m0/s1. The van der Waals surface area contributed by atoms with Crippen LogP contribution in [0.2, 0.25) is 5.02 Å². The van der Waals surface area contributed by atoms with E-state index in [4.69, 9.17) is 11.6 Å². The molecule has 0 aromatic heterocycles. The summed E-state index contributed by atoms with van der Waals surface area (Å²) in [5, 5.41) is 4.32. The smallest absolute Gasteiger partial charge is 0.0409 e. The Morgan fingerprint density at radius 2 is 2.31 bits per heavy atom. The van der Waals surface area contributed by atoms with Gasteiger partial charge in [0.15, 0.2) is 0 Å². The highest BCUT2D eigenvalue weighted by atomic mass is 35.5. The SMILES string of the molecule is C[C@H]1CCN[C@@H]1c1cccc(Cl)c1. The van der Waals surface area contributed by atoms with E-state index in [1.165, 1.54) is 12.0 Å². The minimum atomic E-state index is 0.499. The molecule has 2 atom stereocenters. The van der Waals surface area contributed by atoms with E-state index in [1.807, 2.05) is 12.1 Å². The molecule has 0 amide bonds. The quantitative estimate of drug-likeness (QED) is 0.727. The lowest BCUT2D eigenvalue weighted by molar-refractivity contribution is 0.504. The van der Waals surface area contributed by atoms with Gasteiger partial charge in [-0.25, -0.2) is 0 Å². The lowest BCUT2D eigenvalue weighted by Crippen LogP contribution is -2.16. The number of nitrogens with one attached hydrogen (secondary N) is 1. The van der Waals surface area contributed by atoms with Crippen LogP contribution in [0.1, 0.15) is 24.9 Å². The molecule has 2 rings (SSSR count). The number of rotatable bonds is 1. The molecule has 0 radical (unpaired) electrons. The summed E-state index contributed by atoms with van der Waals surface area (Å²) in [5.41, 5.74) is 1.32. The third-order valence-corrected chi connectivity index (χ3v) is 2.98. The molecule has 0 unspecified atom stereocenters. The zero-order chi connectivity index (χ0) is 9.26. The van der Waals surface area contributed by atoms with E-state index in [9.17, 15) is 0 Å². The van der Waals surface area contributed by atoms with Crippen molar-refractivity contribution in [3.8, 4) is 0 Å². The minimum absolute atomic E-state index is 0.499. The fourth-order valence-electron chi connectivity index (χ4n) is 1.98. The van der Waals surface area contributed by atoms with Gasteiger partial charge in [-0.05, 0) is 36.6 Å². The molecule has 2 heteroatoms. The summed E-state index contributed by atoms with van der Waals surface area (Å²) < 4.78 is 0. The van der Waals surface area contributed by atoms with Crippen LogP contribution in [0.5, 0.6) is 0 Å². The van der Waals surface area contributed by atoms with E-state index in [0.29, 0.717) is 6.04 Å². The molecule has 1 aromatic carbocycles. The van der Waals surface area contributed by atoms with Crippen LogP contribution in [-0.4, -0.2) is 6.54 Å². The molecular formula is C11H14ClN. The molecule has 1 heterocycles. The molecular weight excluding hydrogens is 182 g/mol. The fraction of sp³-hybridized carbons (Fsp3) is 0.455. The van der Waals surface area contributed by atoms with E-state index >= 15 is 0 Å². The molecule has 1 saturated heterocycles. The summed E-state index contributed by atoms with van der Waals surface area (Å²) in [7, 11) is 0.